The number of ether oxygens (including phenoxy) is 1. The molecule has 1 amide bonds. The first-order chi connectivity index (χ1) is 14.9. The molecule has 0 aliphatic carbocycles. The molecule has 0 fully saturated rings. The molecule has 8 nitrogen and oxygen atoms in total. The van der Waals surface area contributed by atoms with Crippen molar-refractivity contribution in [1.29, 1.82) is 0 Å². The molecule has 168 valence electrons. The van der Waals surface area contributed by atoms with Gasteiger partial charge in [-0.15, -0.1) is 0 Å². The third-order valence-corrected chi connectivity index (χ3v) is 5.33. The van der Waals surface area contributed by atoms with Gasteiger partial charge in [0.1, 0.15) is 18.0 Å². The van der Waals surface area contributed by atoms with Crippen LogP contribution in [-0.2, 0) is 17.5 Å². The summed E-state index contributed by atoms with van der Waals surface area (Å²) in [6, 6.07) is 9.83. The Kier molecular flexibility index (Phi) is 6.74. The highest BCUT2D eigenvalue weighted by Gasteiger charge is 2.38. The summed E-state index contributed by atoms with van der Waals surface area (Å²) in [5.74, 6) is -0.326. The predicted molar refractivity (Wildman–Crippen MR) is 113 cm³/mol. The topological polar surface area (TPSA) is 99.3 Å². The highest BCUT2D eigenvalue weighted by atomic mass is 79.9. The lowest BCUT2D eigenvalue weighted by atomic mass is 10.2. The van der Waals surface area contributed by atoms with Crippen molar-refractivity contribution in [1.82, 2.24) is 9.78 Å². The van der Waals surface area contributed by atoms with E-state index in [-0.39, 0.29) is 27.3 Å². The number of anilines is 1. The molecule has 0 radical (unpaired) electrons. The number of non-ortho nitro benzene ring substituents is 1. The summed E-state index contributed by atoms with van der Waals surface area (Å²) in [6.07, 6.45) is -4.70. The number of hydrogen-bond donors (Lipinski definition) is 1. The second kappa shape index (κ2) is 9.17. The molecule has 1 N–H and O–H groups in total. The number of nitro groups is 1. The molecule has 0 bridgehead atoms. The molecule has 0 saturated carbocycles. The van der Waals surface area contributed by atoms with Crippen molar-refractivity contribution < 1.29 is 27.6 Å². The first-order valence-electron chi connectivity index (χ1n) is 8.77. The lowest BCUT2D eigenvalue weighted by molar-refractivity contribution is -0.384. The second-order valence-electron chi connectivity index (χ2n) is 6.48. The van der Waals surface area contributed by atoms with E-state index in [2.05, 4.69) is 26.3 Å². The molecule has 2 aromatic carbocycles. The van der Waals surface area contributed by atoms with Crippen LogP contribution in [0.5, 0.6) is 11.5 Å². The Labute approximate surface area is 192 Å². The van der Waals surface area contributed by atoms with Crippen molar-refractivity contribution in [2.75, 3.05) is 5.32 Å². The van der Waals surface area contributed by atoms with Crippen LogP contribution in [0.1, 0.15) is 11.4 Å². The van der Waals surface area contributed by atoms with Crippen molar-refractivity contribution in [2.45, 2.75) is 19.6 Å². The molecule has 0 unspecified atom stereocenters. The van der Waals surface area contributed by atoms with Crippen LogP contribution in [0.2, 0.25) is 5.02 Å². The Morgan fingerprint density at radius 1 is 1.25 bits per heavy atom. The van der Waals surface area contributed by atoms with E-state index in [4.69, 9.17) is 16.3 Å². The number of amides is 1. The van der Waals surface area contributed by atoms with Crippen molar-refractivity contribution >= 4 is 44.8 Å². The number of nitro benzene ring substituents is 1. The van der Waals surface area contributed by atoms with Crippen molar-refractivity contribution in [3.63, 3.8) is 0 Å². The standard InChI is InChI=1S/C19H13BrClF3N4O4/c1-10-17(20)18(19(22,23)24)26-27(10)9-16(29)25-12-6-13(28(30)31)8-15(7-12)32-14-4-2-11(21)3-5-14/h2-8H,9H2,1H3,(H,25,29). The largest absolute Gasteiger partial charge is 0.457 e. The molecule has 3 aromatic rings. The molecule has 13 heteroatoms. The van der Waals surface area contributed by atoms with E-state index in [1.165, 1.54) is 13.0 Å². The van der Waals surface area contributed by atoms with Gasteiger partial charge in [-0.05, 0) is 47.1 Å². The fourth-order valence-electron chi connectivity index (χ4n) is 2.65. The third-order valence-electron chi connectivity index (χ3n) is 4.13. The predicted octanol–water partition coefficient (Wildman–Crippen LogP) is 5.97. The van der Waals surface area contributed by atoms with E-state index < -0.39 is 29.2 Å². The maximum atomic E-state index is 13.0. The van der Waals surface area contributed by atoms with Crippen molar-refractivity contribution in [2.24, 2.45) is 0 Å². The van der Waals surface area contributed by atoms with E-state index in [1.807, 2.05) is 0 Å². The van der Waals surface area contributed by atoms with Crippen LogP contribution >= 0.6 is 27.5 Å². The Morgan fingerprint density at radius 2 is 1.91 bits per heavy atom. The van der Waals surface area contributed by atoms with Gasteiger partial charge < -0.3 is 10.1 Å². The second-order valence-corrected chi connectivity index (χ2v) is 7.71. The lowest BCUT2D eigenvalue weighted by Gasteiger charge is -2.10. The molecule has 1 heterocycles. The molecule has 0 saturated heterocycles. The van der Waals surface area contributed by atoms with Crippen LogP contribution in [0.4, 0.5) is 24.5 Å². The summed E-state index contributed by atoms with van der Waals surface area (Å²) in [6.45, 7) is 0.821. The zero-order valence-electron chi connectivity index (χ0n) is 16.1. The van der Waals surface area contributed by atoms with Gasteiger partial charge in [-0.1, -0.05) is 11.6 Å². The molecular formula is C19H13BrClF3N4O4. The Hall–Kier alpha value is -3.12. The number of rotatable bonds is 6. The lowest BCUT2D eigenvalue weighted by Crippen LogP contribution is -2.21. The van der Waals surface area contributed by atoms with Gasteiger partial charge in [-0.2, -0.15) is 18.3 Å². The van der Waals surface area contributed by atoms with Crippen molar-refractivity contribution in [3.8, 4) is 11.5 Å². The summed E-state index contributed by atoms with van der Waals surface area (Å²) in [4.78, 5) is 23.0. The van der Waals surface area contributed by atoms with E-state index in [0.29, 0.717) is 10.8 Å². The molecule has 0 aliphatic heterocycles. The molecule has 1 aromatic heterocycles. The SMILES string of the molecule is Cc1c(Br)c(C(F)(F)F)nn1CC(=O)Nc1cc(Oc2ccc(Cl)cc2)cc([N+](=O)[O-])c1. The average molecular weight is 534 g/mol. The molecule has 0 spiro atoms. The minimum absolute atomic E-state index is 0.0214. The molecule has 32 heavy (non-hydrogen) atoms. The summed E-state index contributed by atoms with van der Waals surface area (Å²) in [7, 11) is 0. The van der Waals surface area contributed by atoms with Crippen LogP contribution in [-0.4, -0.2) is 20.6 Å². The zero-order chi connectivity index (χ0) is 23.6. The van der Waals surface area contributed by atoms with Gasteiger partial charge in [-0.3, -0.25) is 19.6 Å². The number of nitrogens with one attached hydrogen (secondary N) is 1. The zero-order valence-corrected chi connectivity index (χ0v) is 18.5. The van der Waals surface area contributed by atoms with Crippen LogP contribution < -0.4 is 10.1 Å². The summed E-state index contributed by atoms with van der Waals surface area (Å²) < 4.78 is 45.2. The molecule has 3 rings (SSSR count). The summed E-state index contributed by atoms with van der Waals surface area (Å²) >= 11 is 8.64. The van der Waals surface area contributed by atoms with E-state index in [1.54, 1.807) is 24.3 Å². The first kappa shape index (κ1) is 23.5. The fraction of sp³-hybridized carbons (Fsp3) is 0.158. The Morgan fingerprint density at radius 3 is 2.47 bits per heavy atom. The number of carbonyl (C=O) groups excluding carboxylic acids is 1. The van der Waals surface area contributed by atoms with Crippen molar-refractivity contribution in [3.05, 3.63) is 73.5 Å². The number of halogens is 5. The third kappa shape index (κ3) is 5.56. The maximum Gasteiger partial charge on any atom is 0.436 e. The van der Waals surface area contributed by atoms with Crippen LogP contribution in [0, 0.1) is 17.0 Å². The van der Waals surface area contributed by atoms with Crippen LogP contribution in [0.3, 0.4) is 0 Å². The van der Waals surface area contributed by atoms with E-state index in [9.17, 15) is 28.1 Å². The van der Waals surface area contributed by atoms with Gasteiger partial charge in [0, 0.05) is 17.2 Å². The number of aromatic nitrogens is 2. The Balaban J connectivity index is 1.82. The minimum Gasteiger partial charge on any atom is -0.457 e. The van der Waals surface area contributed by atoms with Gasteiger partial charge >= 0.3 is 6.18 Å². The number of hydrogen-bond acceptors (Lipinski definition) is 5. The molecule has 0 atom stereocenters. The smallest absolute Gasteiger partial charge is 0.436 e. The Bertz CT molecular complexity index is 1180. The van der Waals surface area contributed by atoms with Gasteiger partial charge in [0.25, 0.3) is 5.69 Å². The quantitative estimate of drug-likeness (QED) is 0.311. The summed E-state index contributed by atoms with van der Waals surface area (Å²) in [5, 5.41) is 17.6. The number of alkyl halides is 3. The minimum atomic E-state index is -4.70. The van der Waals surface area contributed by atoms with Gasteiger partial charge in [0.05, 0.1) is 26.8 Å². The van der Waals surface area contributed by atoms with Crippen LogP contribution in [0.15, 0.2) is 46.9 Å². The van der Waals surface area contributed by atoms with E-state index in [0.717, 1.165) is 16.8 Å². The number of nitrogens with zero attached hydrogens (tertiary/aromatic N) is 3. The number of benzene rings is 2. The van der Waals surface area contributed by atoms with Gasteiger partial charge in [0.2, 0.25) is 5.91 Å². The average Bonchev–Trinajstić information content (AvgIpc) is 2.98. The molecule has 0 aliphatic rings. The number of carbonyl (C=O) groups is 1. The van der Waals surface area contributed by atoms with Gasteiger partial charge in [0.15, 0.2) is 5.69 Å². The highest BCUT2D eigenvalue weighted by molar-refractivity contribution is 9.10. The monoisotopic (exact) mass is 532 g/mol. The van der Waals surface area contributed by atoms with Gasteiger partial charge in [-0.25, -0.2) is 0 Å². The fourth-order valence-corrected chi connectivity index (χ4v) is 3.29. The molecular weight excluding hydrogens is 521 g/mol. The van der Waals surface area contributed by atoms with E-state index >= 15 is 0 Å². The summed E-state index contributed by atoms with van der Waals surface area (Å²) in [5.41, 5.74) is -1.40. The maximum absolute atomic E-state index is 13.0. The normalized spacial score (nSPS) is 11.3. The first-order valence-corrected chi connectivity index (χ1v) is 9.94. The van der Waals surface area contributed by atoms with Crippen LogP contribution in [0.25, 0.3) is 0 Å². The highest BCUT2D eigenvalue weighted by Crippen LogP contribution is 2.35.